The van der Waals surface area contributed by atoms with Crippen molar-refractivity contribution in [3.63, 3.8) is 0 Å². The second-order valence-corrected chi connectivity index (χ2v) is 5.62. The third-order valence-electron chi connectivity index (χ3n) is 3.18. The van der Waals surface area contributed by atoms with Crippen LogP contribution in [-0.2, 0) is 0 Å². The summed E-state index contributed by atoms with van der Waals surface area (Å²) in [5.41, 5.74) is 1.40. The predicted molar refractivity (Wildman–Crippen MR) is 94.5 cm³/mol. The second kappa shape index (κ2) is 7.52. The Morgan fingerprint density at radius 1 is 1.22 bits per heavy atom. The lowest BCUT2D eigenvalue weighted by molar-refractivity contribution is 0.104. The first-order valence-corrected chi connectivity index (χ1v) is 7.58. The van der Waals surface area contributed by atoms with E-state index in [0.29, 0.717) is 15.7 Å². The molecule has 0 heterocycles. The molecule has 0 amide bonds. The predicted octanol–water partition coefficient (Wildman–Crippen LogP) is 3.62. The lowest BCUT2D eigenvalue weighted by atomic mass is 10.1. The van der Waals surface area contributed by atoms with E-state index in [1.54, 1.807) is 49.5 Å². The summed E-state index contributed by atoms with van der Waals surface area (Å²) < 4.78 is 0.645. The fourth-order valence-electron chi connectivity index (χ4n) is 1.95. The van der Waals surface area contributed by atoms with Crippen LogP contribution in [0.1, 0.15) is 21.5 Å². The minimum atomic E-state index is -0.382. The van der Waals surface area contributed by atoms with Crippen molar-refractivity contribution in [2.45, 2.75) is 0 Å². The van der Waals surface area contributed by atoms with Gasteiger partial charge in [-0.15, -0.1) is 0 Å². The molecule has 0 aliphatic carbocycles. The van der Waals surface area contributed by atoms with Crippen LogP contribution < -0.4 is 10.7 Å². The van der Waals surface area contributed by atoms with Gasteiger partial charge in [0, 0.05) is 11.5 Å². The Morgan fingerprint density at radius 3 is 2.52 bits per heavy atom. The summed E-state index contributed by atoms with van der Waals surface area (Å²) in [6, 6.07) is 13.7. The normalized spacial score (nSPS) is 10.3. The SMILES string of the molecule is CNc1ccc(Br)cc(C(=O)/C=C\c2ccc(C#N)cc2)c1=O. The van der Waals surface area contributed by atoms with Gasteiger partial charge in [0.05, 0.1) is 22.9 Å². The summed E-state index contributed by atoms with van der Waals surface area (Å²) in [4.78, 5) is 24.6. The number of halogens is 1. The van der Waals surface area contributed by atoms with E-state index in [1.165, 1.54) is 12.1 Å². The van der Waals surface area contributed by atoms with Crippen LogP contribution in [0.15, 0.2) is 57.8 Å². The maximum absolute atomic E-state index is 12.3. The van der Waals surface area contributed by atoms with E-state index in [2.05, 4.69) is 21.2 Å². The zero-order chi connectivity index (χ0) is 16.8. The Hall–Kier alpha value is -2.71. The van der Waals surface area contributed by atoms with Gasteiger partial charge in [-0.05, 0) is 42.0 Å². The number of nitriles is 1. The number of hydrogen-bond donors (Lipinski definition) is 1. The number of carbonyl (C=O) groups excluding carboxylic acids is 1. The van der Waals surface area contributed by atoms with Gasteiger partial charge in [-0.1, -0.05) is 34.1 Å². The van der Waals surface area contributed by atoms with Crippen molar-refractivity contribution < 1.29 is 4.79 Å². The van der Waals surface area contributed by atoms with Crippen molar-refractivity contribution in [2.75, 3.05) is 12.4 Å². The molecule has 0 aliphatic rings. The molecule has 1 N–H and O–H groups in total. The molecular formula is C18H13BrN2O2. The van der Waals surface area contributed by atoms with Crippen LogP contribution >= 0.6 is 15.9 Å². The van der Waals surface area contributed by atoms with Gasteiger partial charge in [-0.25, -0.2) is 0 Å². The number of ketones is 1. The highest BCUT2D eigenvalue weighted by molar-refractivity contribution is 9.10. The minimum Gasteiger partial charge on any atom is -0.385 e. The van der Waals surface area contributed by atoms with Gasteiger partial charge in [0.15, 0.2) is 5.78 Å². The van der Waals surface area contributed by atoms with Gasteiger partial charge >= 0.3 is 0 Å². The first-order valence-electron chi connectivity index (χ1n) is 6.79. The Morgan fingerprint density at radius 2 is 1.91 bits per heavy atom. The van der Waals surface area contributed by atoms with Crippen LogP contribution in [0.3, 0.4) is 0 Å². The summed E-state index contributed by atoms with van der Waals surface area (Å²) in [5.74, 6) is -0.382. The number of allylic oxidation sites excluding steroid dienone is 1. The smallest absolute Gasteiger partial charge is 0.212 e. The van der Waals surface area contributed by atoms with E-state index in [4.69, 9.17) is 5.26 Å². The lowest BCUT2D eigenvalue weighted by Crippen LogP contribution is -2.14. The van der Waals surface area contributed by atoms with E-state index in [1.807, 2.05) is 6.07 Å². The molecule has 0 saturated heterocycles. The maximum atomic E-state index is 12.3. The van der Waals surface area contributed by atoms with E-state index >= 15 is 0 Å². The molecule has 2 rings (SSSR count). The summed E-state index contributed by atoms with van der Waals surface area (Å²) in [7, 11) is 1.63. The molecule has 4 nitrogen and oxygen atoms in total. The topological polar surface area (TPSA) is 70.0 Å². The van der Waals surface area contributed by atoms with E-state index in [9.17, 15) is 9.59 Å². The molecule has 0 radical (unpaired) electrons. The van der Waals surface area contributed by atoms with Crippen molar-refractivity contribution in [2.24, 2.45) is 0 Å². The highest BCUT2D eigenvalue weighted by atomic mass is 79.9. The molecule has 0 unspecified atom stereocenters. The summed E-state index contributed by atoms with van der Waals surface area (Å²) in [5, 5.41) is 11.5. The largest absolute Gasteiger partial charge is 0.385 e. The molecule has 0 saturated carbocycles. The van der Waals surface area contributed by atoms with E-state index < -0.39 is 0 Å². The zero-order valence-electron chi connectivity index (χ0n) is 12.3. The van der Waals surface area contributed by atoms with Crippen LogP contribution in [0.5, 0.6) is 0 Å². The van der Waals surface area contributed by atoms with Crippen LogP contribution in [0.2, 0.25) is 0 Å². The van der Waals surface area contributed by atoms with Crippen molar-refractivity contribution >= 4 is 33.5 Å². The Bertz CT molecular complexity index is 866. The van der Waals surface area contributed by atoms with Gasteiger partial charge in [0.2, 0.25) is 5.43 Å². The molecule has 0 spiro atoms. The van der Waals surface area contributed by atoms with Gasteiger partial charge in [0.25, 0.3) is 0 Å². The van der Waals surface area contributed by atoms with Gasteiger partial charge < -0.3 is 5.32 Å². The molecule has 0 aromatic heterocycles. The van der Waals surface area contributed by atoms with Gasteiger partial charge in [-0.2, -0.15) is 5.26 Å². The monoisotopic (exact) mass is 368 g/mol. The maximum Gasteiger partial charge on any atom is 0.212 e. The number of benzene rings is 1. The highest BCUT2D eigenvalue weighted by Gasteiger charge is 2.10. The molecule has 23 heavy (non-hydrogen) atoms. The molecule has 0 bridgehead atoms. The number of carbonyl (C=O) groups is 1. The zero-order valence-corrected chi connectivity index (χ0v) is 13.9. The molecular weight excluding hydrogens is 356 g/mol. The van der Waals surface area contributed by atoms with Crippen LogP contribution in [0.25, 0.3) is 6.08 Å². The quantitative estimate of drug-likeness (QED) is 0.660. The van der Waals surface area contributed by atoms with Gasteiger partial charge in [0.1, 0.15) is 0 Å². The first-order chi connectivity index (χ1) is 11.0. The fourth-order valence-corrected chi connectivity index (χ4v) is 2.31. The van der Waals surface area contributed by atoms with Crippen molar-refractivity contribution in [3.8, 4) is 6.07 Å². The molecule has 5 heteroatoms. The summed E-state index contributed by atoms with van der Waals surface area (Å²) in [6.45, 7) is 0. The van der Waals surface area contributed by atoms with E-state index in [-0.39, 0.29) is 16.8 Å². The minimum absolute atomic E-state index is 0.0797. The third kappa shape index (κ3) is 4.15. The van der Waals surface area contributed by atoms with Crippen molar-refractivity contribution in [3.05, 3.63) is 79.9 Å². The first kappa shape index (κ1) is 16.7. The summed E-state index contributed by atoms with van der Waals surface area (Å²) in [6.07, 6.45) is 2.97. The number of anilines is 1. The standard InChI is InChI=1S/C18H13BrN2O2/c1-21-16-8-7-14(19)10-15(18(16)23)17(22)9-6-12-2-4-13(11-20)5-3-12/h2-10H,1H3,(H,21,23)/b9-6-. The molecule has 114 valence electrons. The molecule has 2 aromatic carbocycles. The highest BCUT2D eigenvalue weighted by Crippen LogP contribution is 2.13. The van der Waals surface area contributed by atoms with Crippen LogP contribution in [0.4, 0.5) is 5.69 Å². The average molecular weight is 369 g/mol. The second-order valence-electron chi connectivity index (χ2n) is 4.70. The number of nitrogens with one attached hydrogen (secondary N) is 1. The molecule has 0 fully saturated rings. The number of hydrogen-bond acceptors (Lipinski definition) is 4. The third-order valence-corrected chi connectivity index (χ3v) is 3.68. The fraction of sp³-hybridized carbons (Fsp3) is 0.0556. The molecule has 0 aliphatic heterocycles. The number of nitrogens with zero attached hydrogens (tertiary/aromatic N) is 1. The van der Waals surface area contributed by atoms with Crippen molar-refractivity contribution in [1.82, 2.24) is 0 Å². The Kier molecular flexibility index (Phi) is 5.45. The number of rotatable bonds is 4. The average Bonchev–Trinajstić information content (AvgIpc) is 2.72. The Labute approximate surface area is 142 Å². The van der Waals surface area contributed by atoms with E-state index in [0.717, 1.165) is 5.56 Å². The summed E-state index contributed by atoms with van der Waals surface area (Å²) >= 11 is 3.30. The van der Waals surface area contributed by atoms with Gasteiger partial charge in [-0.3, -0.25) is 9.59 Å². The van der Waals surface area contributed by atoms with Crippen molar-refractivity contribution in [1.29, 1.82) is 5.26 Å². The molecule has 2 aromatic rings. The molecule has 0 atom stereocenters. The van der Waals surface area contributed by atoms with Crippen LogP contribution in [-0.4, -0.2) is 12.8 Å². The van der Waals surface area contributed by atoms with Crippen LogP contribution in [0, 0.1) is 11.3 Å². The lowest BCUT2D eigenvalue weighted by Gasteiger charge is -1.96. The Balaban J connectivity index is 2.36.